The summed E-state index contributed by atoms with van der Waals surface area (Å²) in [5.41, 5.74) is 3.08. The number of para-hydroxylation sites is 1. The second-order valence-corrected chi connectivity index (χ2v) is 6.00. The molecule has 0 fully saturated rings. The lowest BCUT2D eigenvalue weighted by atomic mass is 9.94. The standard InChI is InChI=1S/C18H18ClNO/c1-2-18(19,15-9-4-3-5-10-15)17(21)20-13-12-14-8-6-7-11-16(14)20/h3-11H,2,12-13H2,1H3/t18-/m1/s1. The van der Waals surface area contributed by atoms with Gasteiger partial charge in [0.25, 0.3) is 5.91 Å². The number of hydrogen-bond acceptors (Lipinski definition) is 1. The molecular weight excluding hydrogens is 282 g/mol. The number of amides is 1. The molecule has 1 aliphatic heterocycles. The zero-order chi connectivity index (χ0) is 14.9. The van der Waals surface area contributed by atoms with Crippen LogP contribution in [0.3, 0.4) is 0 Å². The van der Waals surface area contributed by atoms with Gasteiger partial charge < -0.3 is 4.90 Å². The number of rotatable bonds is 3. The van der Waals surface area contributed by atoms with E-state index >= 15 is 0 Å². The summed E-state index contributed by atoms with van der Waals surface area (Å²) < 4.78 is 0. The zero-order valence-electron chi connectivity index (χ0n) is 12.1. The first kappa shape index (κ1) is 14.2. The molecule has 0 bridgehead atoms. The van der Waals surface area contributed by atoms with Crippen molar-refractivity contribution in [3.8, 4) is 0 Å². The van der Waals surface area contributed by atoms with Crippen molar-refractivity contribution < 1.29 is 4.79 Å². The second kappa shape index (κ2) is 5.53. The van der Waals surface area contributed by atoms with Gasteiger partial charge in [-0.15, -0.1) is 11.6 Å². The fourth-order valence-electron chi connectivity index (χ4n) is 2.94. The van der Waals surface area contributed by atoms with Gasteiger partial charge >= 0.3 is 0 Å². The van der Waals surface area contributed by atoms with Crippen LogP contribution in [0.1, 0.15) is 24.5 Å². The first-order valence-corrected chi connectivity index (χ1v) is 7.69. The van der Waals surface area contributed by atoms with E-state index in [-0.39, 0.29) is 5.91 Å². The van der Waals surface area contributed by atoms with Gasteiger partial charge in [0.2, 0.25) is 0 Å². The smallest absolute Gasteiger partial charge is 0.252 e. The summed E-state index contributed by atoms with van der Waals surface area (Å²) in [5, 5.41) is 0. The minimum atomic E-state index is -0.987. The van der Waals surface area contributed by atoms with Gasteiger partial charge in [-0.25, -0.2) is 0 Å². The number of carbonyl (C=O) groups excluding carboxylic acids is 1. The lowest BCUT2D eigenvalue weighted by Crippen LogP contribution is -2.42. The minimum Gasteiger partial charge on any atom is -0.310 e. The van der Waals surface area contributed by atoms with Crippen molar-refractivity contribution in [2.75, 3.05) is 11.4 Å². The number of nitrogens with zero attached hydrogens (tertiary/aromatic N) is 1. The summed E-state index contributed by atoms with van der Waals surface area (Å²) in [7, 11) is 0. The molecule has 1 atom stereocenters. The Labute approximate surface area is 130 Å². The van der Waals surface area contributed by atoms with Crippen LogP contribution in [0.15, 0.2) is 54.6 Å². The maximum Gasteiger partial charge on any atom is 0.252 e. The average Bonchev–Trinajstić information content (AvgIpc) is 2.98. The summed E-state index contributed by atoms with van der Waals surface area (Å²) >= 11 is 6.75. The van der Waals surface area contributed by atoms with Gasteiger partial charge in [-0.3, -0.25) is 4.79 Å². The molecule has 0 spiro atoms. The third-order valence-corrected chi connectivity index (χ3v) is 4.84. The first-order chi connectivity index (χ1) is 10.2. The van der Waals surface area contributed by atoms with Gasteiger partial charge in [-0.2, -0.15) is 0 Å². The van der Waals surface area contributed by atoms with Crippen LogP contribution in [0.5, 0.6) is 0 Å². The number of benzene rings is 2. The molecule has 0 saturated heterocycles. The number of halogens is 1. The molecular formula is C18H18ClNO. The number of fused-ring (bicyclic) bond motifs is 1. The van der Waals surface area contributed by atoms with Crippen molar-refractivity contribution in [2.24, 2.45) is 0 Å². The molecule has 3 heteroatoms. The summed E-state index contributed by atoms with van der Waals surface area (Å²) in [6.45, 7) is 2.67. The molecule has 0 saturated carbocycles. The monoisotopic (exact) mass is 299 g/mol. The number of hydrogen-bond donors (Lipinski definition) is 0. The van der Waals surface area contributed by atoms with Crippen LogP contribution in [0.25, 0.3) is 0 Å². The van der Waals surface area contributed by atoms with E-state index in [0.717, 1.165) is 17.7 Å². The molecule has 0 N–H and O–H groups in total. The normalized spacial score (nSPS) is 16.4. The summed E-state index contributed by atoms with van der Waals surface area (Å²) in [6.07, 6.45) is 1.46. The Morgan fingerprint density at radius 3 is 2.52 bits per heavy atom. The van der Waals surface area contributed by atoms with E-state index in [4.69, 9.17) is 11.6 Å². The second-order valence-electron chi connectivity index (χ2n) is 5.36. The van der Waals surface area contributed by atoms with Gasteiger partial charge in [0.1, 0.15) is 4.87 Å². The Hall–Kier alpha value is -1.80. The first-order valence-electron chi connectivity index (χ1n) is 7.31. The Morgan fingerprint density at radius 1 is 1.14 bits per heavy atom. The van der Waals surface area contributed by atoms with Crippen molar-refractivity contribution in [2.45, 2.75) is 24.6 Å². The number of alkyl halides is 1. The van der Waals surface area contributed by atoms with E-state index in [1.165, 1.54) is 5.56 Å². The van der Waals surface area contributed by atoms with Crippen LogP contribution >= 0.6 is 11.6 Å². The highest BCUT2D eigenvalue weighted by molar-refractivity contribution is 6.36. The van der Waals surface area contributed by atoms with Crippen LogP contribution in [0.4, 0.5) is 5.69 Å². The minimum absolute atomic E-state index is 0.0252. The SMILES string of the molecule is CC[C@](Cl)(C(=O)N1CCc2ccccc21)c1ccccc1. The molecule has 1 amide bonds. The maximum absolute atomic E-state index is 13.1. The number of anilines is 1. The third-order valence-electron chi connectivity index (χ3n) is 4.19. The lowest BCUT2D eigenvalue weighted by Gasteiger charge is -2.30. The van der Waals surface area contributed by atoms with E-state index in [1.807, 2.05) is 60.4 Å². The number of carbonyl (C=O) groups is 1. The highest BCUT2D eigenvalue weighted by Gasteiger charge is 2.41. The van der Waals surface area contributed by atoms with Gasteiger partial charge in [0.05, 0.1) is 0 Å². The van der Waals surface area contributed by atoms with Gasteiger partial charge in [-0.1, -0.05) is 55.5 Å². The van der Waals surface area contributed by atoms with E-state index < -0.39 is 4.87 Å². The fraction of sp³-hybridized carbons (Fsp3) is 0.278. The van der Waals surface area contributed by atoms with E-state index in [1.54, 1.807) is 0 Å². The van der Waals surface area contributed by atoms with E-state index in [0.29, 0.717) is 13.0 Å². The molecule has 0 unspecified atom stereocenters. The van der Waals surface area contributed by atoms with Crippen molar-refractivity contribution in [3.05, 3.63) is 65.7 Å². The Morgan fingerprint density at radius 2 is 1.81 bits per heavy atom. The quantitative estimate of drug-likeness (QED) is 0.781. The molecule has 2 nitrogen and oxygen atoms in total. The largest absolute Gasteiger partial charge is 0.310 e. The molecule has 0 aromatic heterocycles. The topological polar surface area (TPSA) is 20.3 Å². The average molecular weight is 300 g/mol. The van der Waals surface area contributed by atoms with Crippen LogP contribution in [-0.4, -0.2) is 12.5 Å². The fourth-order valence-corrected chi connectivity index (χ4v) is 3.17. The summed E-state index contributed by atoms with van der Waals surface area (Å²) in [4.78, 5) is 13.9. The molecule has 0 aliphatic carbocycles. The van der Waals surface area contributed by atoms with Gasteiger partial charge in [0.15, 0.2) is 0 Å². The highest BCUT2D eigenvalue weighted by atomic mass is 35.5. The van der Waals surface area contributed by atoms with Crippen molar-refractivity contribution in [1.29, 1.82) is 0 Å². The van der Waals surface area contributed by atoms with Gasteiger partial charge in [0, 0.05) is 12.2 Å². The predicted molar refractivity (Wildman–Crippen MR) is 86.8 cm³/mol. The van der Waals surface area contributed by atoms with Crippen molar-refractivity contribution in [1.82, 2.24) is 0 Å². The highest BCUT2D eigenvalue weighted by Crippen LogP contribution is 2.38. The van der Waals surface area contributed by atoms with Gasteiger partial charge in [-0.05, 0) is 30.0 Å². The third kappa shape index (κ3) is 2.34. The summed E-state index contributed by atoms with van der Waals surface area (Å²) in [5.74, 6) is -0.0252. The molecule has 2 aromatic rings. The lowest BCUT2D eigenvalue weighted by molar-refractivity contribution is -0.121. The van der Waals surface area contributed by atoms with Crippen LogP contribution in [0, 0.1) is 0 Å². The maximum atomic E-state index is 13.1. The Balaban J connectivity index is 1.98. The van der Waals surface area contributed by atoms with E-state index in [9.17, 15) is 4.79 Å². The molecule has 1 aliphatic rings. The van der Waals surface area contributed by atoms with Crippen molar-refractivity contribution in [3.63, 3.8) is 0 Å². The van der Waals surface area contributed by atoms with Crippen molar-refractivity contribution >= 4 is 23.2 Å². The predicted octanol–water partition coefficient (Wildman–Crippen LogP) is 4.12. The molecule has 3 rings (SSSR count). The van der Waals surface area contributed by atoms with Crippen LogP contribution in [-0.2, 0) is 16.1 Å². The van der Waals surface area contributed by atoms with Crippen LogP contribution in [0.2, 0.25) is 0 Å². The molecule has 2 aromatic carbocycles. The Kier molecular flexibility index (Phi) is 3.73. The van der Waals surface area contributed by atoms with Crippen LogP contribution < -0.4 is 4.90 Å². The van der Waals surface area contributed by atoms with E-state index in [2.05, 4.69) is 6.07 Å². The molecule has 0 radical (unpaired) electrons. The zero-order valence-corrected chi connectivity index (χ0v) is 12.8. The molecule has 1 heterocycles. The summed E-state index contributed by atoms with van der Waals surface area (Å²) in [6, 6.07) is 17.7. The Bertz CT molecular complexity index is 655. The molecule has 108 valence electrons. The molecule has 21 heavy (non-hydrogen) atoms.